The summed E-state index contributed by atoms with van der Waals surface area (Å²) in [5.41, 5.74) is -0.220. The Morgan fingerprint density at radius 1 is 1.60 bits per heavy atom. The van der Waals surface area contributed by atoms with Crippen LogP contribution < -0.4 is 0 Å². The van der Waals surface area contributed by atoms with Gasteiger partial charge in [-0.3, -0.25) is 4.79 Å². The van der Waals surface area contributed by atoms with Gasteiger partial charge in [-0.25, -0.2) is 0 Å². The van der Waals surface area contributed by atoms with Crippen LogP contribution in [0.25, 0.3) is 0 Å². The van der Waals surface area contributed by atoms with Crippen LogP contribution in [-0.4, -0.2) is 29.1 Å². The summed E-state index contributed by atoms with van der Waals surface area (Å²) in [6, 6.07) is 0. The molecule has 15 heavy (non-hydrogen) atoms. The minimum Gasteiger partial charge on any atom is -0.466 e. The molecule has 0 aromatic heterocycles. The molecule has 0 spiro atoms. The Morgan fingerprint density at radius 2 is 2.20 bits per heavy atom. The fourth-order valence-electron chi connectivity index (χ4n) is 1.87. The zero-order valence-electron chi connectivity index (χ0n) is 9.75. The maximum atomic E-state index is 11.6. The van der Waals surface area contributed by atoms with E-state index in [0.29, 0.717) is 6.61 Å². The van der Waals surface area contributed by atoms with Gasteiger partial charge in [-0.1, -0.05) is 15.9 Å². The third-order valence-corrected chi connectivity index (χ3v) is 4.34. The van der Waals surface area contributed by atoms with Gasteiger partial charge in [0.2, 0.25) is 0 Å². The van der Waals surface area contributed by atoms with Gasteiger partial charge in [-0.2, -0.15) is 0 Å². The quantitative estimate of drug-likeness (QED) is 0.575. The Balaban J connectivity index is 2.66. The minimum atomic E-state index is -0.220. The molecule has 88 valence electrons. The van der Waals surface area contributed by atoms with Gasteiger partial charge in [0.05, 0.1) is 24.2 Å². The Labute approximate surface area is 99.6 Å². The number of hydrogen-bond acceptors (Lipinski definition) is 3. The maximum Gasteiger partial charge on any atom is 0.311 e. The van der Waals surface area contributed by atoms with Gasteiger partial charge in [-0.05, 0) is 34.1 Å². The summed E-state index contributed by atoms with van der Waals surface area (Å²) in [6.07, 6.45) is 0.695. The van der Waals surface area contributed by atoms with E-state index in [0.717, 1.165) is 6.42 Å². The van der Waals surface area contributed by atoms with E-state index in [1.165, 1.54) is 0 Å². The highest BCUT2D eigenvalue weighted by atomic mass is 79.9. The van der Waals surface area contributed by atoms with Crippen molar-refractivity contribution in [3.05, 3.63) is 0 Å². The lowest BCUT2D eigenvalue weighted by Gasteiger charge is -2.42. The summed E-state index contributed by atoms with van der Waals surface area (Å²) in [7, 11) is 0. The summed E-state index contributed by atoms with van der Waals surface area (Å²) >= 11 is 3.56. The molecular weight excluding hydrogens is 260 g/mol. The molecule has 0 amide bonds. The lowest BCUT2D eigenvalue weighted by molar-refractivity contribution is -0.168. The molecule has 0 radical (unpaired) electrons. The molecule has 0 aliphatic carbocycles. The van der Waals surface area contributed by atoms with E-state index >= 15 is 0 Å². The second kappa shape index (κ2) is 4.83. The predicted molar refractivity (Wildman–Crippen MR) is 62.1 cm³/mol. The summed E-state index contributed by atoms with van der Waals surface area (Å²) in [4.78, 5) is 11.8. The average molecular weight is 279 g/mol. The zero-order valence-corrected chi connectivity index (χ0v) is 11.3. The molecule has 3 nitrogen and oxygen atoms in total. The van der Waals surface area contributed by atoms with E-state index in [9.17, 15) is 4.79 Å². The van der Waals surface area contributed by atoms with Crippen LogP contribution in [0.15, 0.2) is 0 Å². The molecule has 0 saturated carbocycles. The van der Waals surface area contributed by atoms with Gasteiger partial charge in [0, 0.05) is 4.83 Å². The number of carbonyl (C=O) groups excluding carboxylic acids is 1. The second-order valence-corrected chi connectivity index (χ2v) is 5.59. The fourth-order valence-corrected chi connectivity index (χ4v) is 2.38. The highest BCUT2D eigenvalue weighted by Gasteiger charge is 2.43. The number of rotatable bonds is 2. The van der Waals surface area contributed by atoms with E-state index in [4.69, 9.17) is 9.47 Å². The van der Waals surface area contributed by atoms with Crippen molar-refractivity contribution in [2.45, 2.75) is 50.6 Å². The molecular formula is C11H19BrO3. The van der Waals surface area contributed by atoms with E-state index in [1.54, 1.807) is 0 Å². The van der Waals surface area contributed by atoms with Crippen LogP contribution in [-0.2, 0) is 14.3 Å². The van der Waals surface area contributed by atoms with Crippen LogP contribution in [0.5, 0.6) is 0 Å². The van der Waals surface area contributed by atoms with E-state index in [2.05, 4.69) is 15.9 Å². The van der Waals surface area contributed by atoms with Crippen molar-refractivity contribution in [3.63, 3.8) is 0 Å². The van der Waals surface area contributed by atoms with Gasteiger partial charge < -0.3 is 9.47 Å². The van der Waals surface area contributed by atoms with Gasteiger partial charge in [-0.15, -0.1) is 0 Å². The van der Waals surface area contributed by atoms with Crippen molar-refractivity contribution >= 4 is 21.9 Å². The van der Waals surface area contributed by atoms with Crippen molar-refractivity contribution in [3.8, 4) is 0 Å². The summed E-state index contributed by atoms with van der Waals surface area (Å²) < 4.78 is 10.8. The molecule has 0 bridgehead atoms. The van der Waals surface area contributed by atoms with E-state index < -0.39 is 0 Å². The highest BCUT2D eigenvalue weighted by molar-refractivity contribution is 9.09. The summed E-state index contributed by atoms with van der Waals surface area (Å²) in [5.74, 6) is -0.299. The first-order valence-electron chi connectivity index (χ1n) is 5.37. The molecule has 1 rings (SSSR count). The van der Waals surface area contributed by atoms with Gasteiger partial charge in [0.25, 0.3) is 0 Å². The monoisotopic (exact) mass is 278 g/mol. The number of ether oxygens (including phenoxy) is 2. The lowest BCUT2D eigenvalue weighted by Crippen LogP contribution is -2.49. The molecule has 1 fully saturated rings. The van der Waals surface area contributed by atoms with Gasteiger partial charge >= 0.3 is 5.97 Å². The second-order valence-electron chi connectivity index (χ2n) is 4.49. The van der Waals surface area contributed by atoms with Crippen molar-refractivity contribution in [1.29, 1.82) is 0 Å². The number of halogens is 1. The standard InChI is InChI=1S/C11H19BrO3/c1-5-14-10(13)8-6-9(12)11(3,4)15-7(8)2/h7-9H,5-6H2,1-4H3. The minimum absolute atomic E-state index is 0.0761. The first kappa shape index (κ1) is 13.0. The fraction of sp³-hybridized carbons (Fsp3) is 0.909. The largest absolute Gasteiger partial charge is 0.466 e. The number of hydrogen-bond donors (Lipinski definition) is 0. The number of carbonyl (C=O) groups is 1. The van der Waals surface area contributed by atoms with Gasteiger partial charge in [0.1, 0.15) is 0 Å². The van der Waals surface area contributed by atoms with Crippen LogP contribution in [0, 0.1) is 5.92 Å². The number of esters is 1. The molecule has 4 heteroatoms. The Hall–Kier alpha value is -0.0900. The van der Waals surface area contributed by atoms with Crippen molar-refractivity contribution in [1.82, 2.24) is 0 Å². The van der Waals surface area contributed by atoms with Crippen molar-refractivity contribution in [2.24, 2.45) is 5.92 Å². The van der Waals surface area contributed by atoms with E-state index in [-0.39, 0.29) is 28.4 Å². The smallest absolute Gasteiger partial charge is 0.311 e. The molecule has 1 saturated heterocycles. The van der Waals surface area contributed by atoms with Crippen LogP contribution in [0.4, 0.5) is 0 Å². The third kappa shape index (κ3) is 2.94. The average Bonchev–Trinajstić information content (AvgIpc) is 2.11. The summed E-state index contributed by atoms with van der Waals surface area (Å²) in [5, 5.41) is 0. The molecule has 1 aliphatic heterocycles. The SMILES string of the molecule is CCOC(=O)C1CC(Br)C(C)(C)OC1C. The highest BCUT2D eigenvalue weighted by Crippen LogP contribution is 2.37. The first-order chi connectivity index (χ1) is 6.88. The van der Waals surface area contributed by atoms with Gasteiger partial charge in [0.15, 0.2) is 0 Å². The first-order valence-corrected chi connectivity index (χ1v) is 6.28. The third-order valence-electron chi connectivity index (χ3n) is 2.86. The maximum absolute atomic E-state index is 11.6. The van der Waals surface area contributed by atoms with Crippen LogP contribution in [0.3, 0.4) is 0 Å². The molecule has 1 heterocycles. The van der Waals surface area contributed by atoms with Crippen molar-refractivity contribution < 1.29 is 14.3 Å². The molecule has 0 aromatic rings. The molecule has 3 atom stereocenters. The van der Waals surface area contributed by atoms with Crippen molar-refractivity contribution in [2.75, 3.05) is 6.61 Å². The zero-order chi connectivity index (χ0) is 11.6. The predicted octanol–water partition coefficient (Wildman–Crippen LogP) is 2.52. The van der Waals surface area contributed by atoms with Crippen LogP contribution in [0.2, 0.25) is 0 Å². The Kier molecular flexibility index (Phi) is 4.18. The lowest BCUT2D eigenvalue weighted by atomic mass is 9.87. The van der Waals surface area contributed by atoms with Crippen LogP contribution in [0.1, 0.15) is 34.1 Å². The normalized spacial score (nSPS) is 34.9. The molecule has 1 aliphatic rings. The van der Waals surface area contributed by atoms with E-state index in [1.807, 2.05) is 27.7 Å². The molecule has 0 N–H and O–H groups in total. The molecule has 0 aromatic carbocycles. The summed E-state index contributed by atoms with van der Waals surface area (Å²) in [6.45, 7) is 8.25. The molecule has 3 unspecified atom stereocenters. The Morgan fingerprint density at radius 3 is 2.73 bits per heavy atom. The topological polar surface area (TPSA) is 35.5 Å². The Bertz CT molecular complexity index is 240. The number of alkyl halides is 1. The van der Waals surface area contributed by atoms with Crippen LogP contribution >= 0.6 is 15.9 Å².